The predicted octanol–water partition coefficient (Wildman–Crippen LogP) is 7.44. The minimum atomic E-state index is -0.836. The van der Waals surface area contributed by atoms with Gasteiger partial charge in [-0.25, -0.2) is 0 Å². The Kier molecular flexibility index (Phi) is 7.24. The summed E-state index contributed by atoms with van der Waals surface area (Å²) in [7, 11) is 0. The molecular weight excluding hydrogens is 458 g/mol. The quantitative estimate of drug-likeness (QED) is 0.356. The summed E-state index contributed by atoms with van der Waals surface area (Å²) in [6.45, 7) is 9.19. The van der Waals surface area contributed by atoms with Crippen molar-refractivity contribution >= 4 is 5.57 Å². The van der Waals surface area contributed by atoms with E-state index in [0.717, 1.165) is 70.6 Å². The van der Waals surface area contributed by atoms with Crippen LogP contribution in [0.15, 0.2) is 60.7 Å². The maximum atomic E-state index is 11.9. The van der Waals surface area contributed by atoms with Crippen LogP contribution in [0.4, 0.5) is 0 Å². The lowest BCUT2D eigenvalue weighted by Gasteiger charge is -2.37. The number of benzene rings is 2. The van der Waals surface area contributed by atoms with Crippen molar-refractivity contribution in [2.45, 2.75) is 84.5 Å². The summed E-state index contributed by atoms with van der Waals surface area (Å²) in [6, 6.07) is 17.8. The molecule has 0 spiro atoms. The number of rotatable bonds is 7. The molecule has 0 bridgehead atoms. The Morgan fingerprint density at radius 2 is 1.78 bits per heavy atom. The summed E-state index contributed by atoms with van der Waals surface area (Å²) in [4.78, 5) is 5.15. The van der Waals surface area contributed by atoms with Crippen LogP contribution in [0.5, 0.6) is 5.75 Å². The number of hydrogen-bond donors (Lipinski definition) is 2. The van der Waals surface area contributed by atoms with Crippen LogP contribution in [0.25, 0.3) is 5.57 Å². The van der Waals surface area contributed by atoms with Gasteiger partial charge in [-0.15, -0.1) is 0 Å². The number of aliphatic hydroxyl groups is 2. The van der Waals surface area contributed by atoms with Gasteiger partial charge in [-0.3, -0.25) is 4.98 Å². The van der Waals surface area contributed by atoms with Gasteiger partial charge in [0, 0.05) is 22.5 Å². The number of allylic oxidation sites excluding steroid dienone is 2. The molecule has 2 aromatic carbocycles. The van der Waals surface area contributed by atoms with Crippen LogP contribution in [-0.2, 0) is 13.0 Å². The van der Waals surface area contributed by atoms with E-state index in [1.807, 2.05) is 54.6 Å². The summed E-state index contributed by atoms with van der Waals surface area (Å²) < 4.78 is 5.97. The fourth-order valence-electron chi connectivity index (χ4n) is 5.94. The van der Waals surface area contributed by atoms with Crippen LogP contribution in [-0.4, -0.2) is 15.2 Å². The maximum absolute atomic E-state index is 11.9. The molecule has 5 rings (SSSR count). The van der Waals surface area contributed by atoms with Gasteiger partial charge in [0.1, 0.15) is 18.5 Å². The van der Waals surface area contributed by atoms with E-state index in [1.54, 1.807) is 0 Å². The molecule has 0 fully saturated rings. The summed E-state index contributed by atoms with van der Waals surface area (Å²) >= 11 is 0. The summed E-state index contributed by atoms with van der Waals surface area (Å²) in [5.74, 6) is 0.912. The molecule has 2 aliphatic rings. The van der Waals surface area contributed by atoms with Crippen molar-refractivity contribution in [2.75, 3.05) is 0 Å². The highest BCUT2D eigenvalue weighted by Crippen LogP contribution is 2.48. The first-order chi connectivity index (χ1) is 17.7. The molecule has 0 radical (unpaired) electrons. The molecule has 0 amide bonds. The molecule has 2 atom stereocenters. The highest BCUT2D eigenvalue weighted by Gasteiger charge is 2.38. The lowest BCUT2D eigenvalue weighted by atomic mass is 9.71. The van der Waals surface area contributed by atoms with Crippen LogP contribution >= 0.6 is 0 Å². The molecule has 1 heterocycles. The van der Waals surface area contributed by atoms with Crippen molar-refractivity contribution in [3.8, 4) is 5.75 Å². The molecule has 2 unspecified atom stereocenters. The highest BCUT2D eigenvalue weighted by atomic mass is 16.5. The zero-order chi connectivity index (χ0) is 26.2. The van der Waals surface area contributed by atoms with E-state index < -0.39 is 12.2 Å². The molecule has 37 heavy (non-hydrogen) atoms. The zero-order valence-electron chi connectivity index (χ0n) is 22.5. The Hall–Kier alpha value is -2.95. The van der Waals surface area contributed by atoms with Gasteiger partial charge in [0.05, 0.1) is 6.10 Å². The van der Waals surface area contributed by atoms with Crippen LogP contribution < -0.4 is 4.74 Å². The summed E-state index contributed by atoms with van der Waals surface area (Å²) in [6.07, 6.45) is 5.52. The molecular formula is C33H39NO3. The number of fused-ring (bicyclic) bond motifs is 1. The van der Waals surface area contributed by atoms with Gasteiger partial charge in [-0.1, -0.05) is 76.2 Å². The molecule has 2 aliphatic carbocycles. The first kappa shape index (κ1) is 25.7. The van der Waals surface area contributed by atoms with Crippen LogP contribution in [0.3, 0.4) is 0 Å². The Morgan fingerprint density at radius 1 is 1.05 bits per heavy atom. The van der Waals surface area contributed by atoms with E-state index in [4.69, 9.17) is 9.72 Å². The minimum Gasteiger partial charge on any atom is -0.489 e. The second-order valence-electron chi connectivity index (χ2n) is 11.7. The van der Waals surface area contributed by atoms with Crippen molar-refractivity contribution in [2.24, 2.45) is 5.41 Å². The fourth-order valence-corrected chi connectivity index (χ4v) is 5.94. The lowest BCUT2D eigenvalue weighted by molar-refractivity contribution is 0.0972. The fraction of sp³-hybridized carbons (Fsp3) is 0.424. The third-order valence-corrected chi connectivity index (χ3v) is 7.73. The van der Waals surface area contributed by atoms with Gasteiger partial charge in [-0.2, -0.15) is 0 Å². The molecule has 4 nitrogen and oxygen atoms in total. The average molecular weight is 498 g/mol. The largest absolute Gasteiger partial charge is 0.489 e. The van der Waals surface area contributed by atoms with Gasteiger partial charge < -0.3 is 14.9 Å². The Balaban J connectivity index is 1.55. The van der Waals surface area contributed by atoms with E-state index in [-0.39, 0.29) is 11.3 Å². The molecule has 0 saturated heterocycles. The van der Waals surface area contributed by atoms with Crippen molar-refractivity contribution in [3.05, 3.63) is 99.9 Å². The van der Waals surface area contributed by atoms with E-state index in [9.17, 15) is 10.2 Å². The van der Waals surface area contributed by atoms with Crippen molar-refractivity contribution in [3.63, 3.8) is 0 Å². The van der Waals surface area contributed by atoms with Crippen LogP contribution in [0, 0.1) is 5.41 Å². The van der Waals surface area contributed by atoms with Crippen molar-refractivity contribution in [1.82, 2.24) is 4.98 Å². The normalized spacial score (nSPS) is 19.4. The second kappa shape index (κ2) is 10.4. The molecule has 3 aromatic rings. The molecule has 4 heteroatoms. The number of ether oxygens (including phenoxy) is 1. The van der Waals surface area contributed by atoms with E-state index in [2.05, 4.69) is 33.8 Å². The molecule has 0 saturated carbocycles. The second-order valence-corrected chi connectivity index (χ2v) is 11.7. The van der Waals surface area contributed by atoms with E-state index in [1.165, 1.54) is 5.57 Å². The van der Waals surface area contributed by atoms with Gasteiger partial charge in [-0.05, 0) is 77.8 Å². The maximum Gasteiger partial charge on any atom is 0.119 e. The highest BCUT2D eigenvalue weighted by molar-refractivity contribution is 5.75. The first-order valence-corrected chi connectivity index (χ1v) is 13.6. The van der Waals surface area contributed by atoms with Crippen molar-refractivity contribution < 1.29 is 14.9 Å². The number of pyridine rings is 1. The van der Waals surface area contributed by atoms with E-state index in [0.29, 0.717) is 13.0 Å². The van der Waals surface area contributed by atoms with Gasteiger partial charge in [0.15, 0.2) is 0 Å². The Morgan fingerprint density at radius 3 is 2.43 bits per heavy atom. The smallest absolute Gasteiger partial charge is 0.119 e. The lowest BCUT2D eigenvalue weighted by Crippen LogP contribution is -2.29. The van der Waals surface area contributed by atoms with Gasteiger partial charge >= 0.3 is 0 Å². The monoisotopic (exact) mass is 497 g/mol. The SMILES string of the molecule is CC(C)c1nc2c(c(C3=CCCC3)c1C(O)c1ccc(OCc3ccccc3)cc1)C(O)CC(C)(C)C2. The number of hydrogen-bond acceptors (Lipinski definition) is 4. The Labute approximate surface area is 221 Å². The Bertz CT molecular complexity index is 1280. The number of aromatic nitrogens is 1. The third-order valence-electron chi connectivity index (χ3n) is 7.73. The standard InChI is InChI=1S/C33H39NO3/c1-21(2)31-30(32(36)24-14-16-25(17-15-24)37-20-22-10-6-5-7-11-22)28(23-12-8-9-13-23)29-26(34-31)18-33(3,4)19-27(29)35/h5-7,10-12,14-17,21,27,32,35-36H,8-9,13,18-20H2,1-4H3. The van der Waals surface area contributed by atoms with E-state index >= 15 is 0 Å². The van der Waals surface area contributed by atoms with Crippen LogP contribution in [0.1, 0.15) is 111 Å². The van der Waals surface area contributed by atoms with Gasteiger partial charge in [0.2, 0.25) is 0 Å². The molecule has 1 aromatic heterocycles. The zero-order valence-corrected chi connectivity index (χ0v) is 22.5. The van der Waals surface area contributed by atoms with Crippen molar-refractivity contribution in [1.29, 1.82) is 0 Å². The van der Waals surface area contributed by atoms with Crippen LogP contribution in [0.2, 0.25) is 0 Å². The molecule has 0 aliphatic heterocycles. The topological polar surface area (TPSA) is 62.6 Å². The first-order valence-electron chi connectivity index (χ1n) is 13.6. The number of nitrogens with zero attached hydrogens (tertiary/aromatic N) is 1. The molecule has 2 N–H and O–H groups in total. The minimum absolute atomic E-state index is 0.00922. The molecule has 194 valence electrons. The summed E-state index contributed by atoms with van der Waals surface area (Å²) in [5.41, 5.74) is 7.93. The van der Waals surface area contributed by atoms with Gasteiger partial charge in [0.25, 0.3) is 0 Å². The number of aliphatic hydroxyl groups excluding tert-OH is 2. The average Bonchev–Trinajstić information content (AvgIpc) is 3.41. The summed E-state index contributed by atoms with van der Waals surface area (Å²) in [5, 5.41) is 23.2. The third kappa shape index (κ3) is 5.37. The predicted molar refractivity (Wildman–Crippen MR) is 148 cm³/mol.